The van der Waals surface area contributed by atoms with Crippen molar-refractivity contribution >= 4 is 28.7 Å². The van der Waals surface area contributed by atoms with Crippen LogP contribution in [-0.4, -0.2) is 25.8 Å². The summed E-state index contributed by atoms with van der Waals surface area (Å²) in [6, 6.07) is 21.2. The van der Waals surface area contributed by atoms with Crippen molar-refractivity contribution in [3.63, 3.8) is 0 Å². The molecule has 6 heteroatoms. The van der Waals surface area contributed by atoms with Crippen LogP contribution in [0.25, 0.3) is 33.4 Å². The summed E-state index contributed by atoms with van der Waals surface area (Å²) >= 11 is 1.68. The molecule has 198 valence electrons. The Morgan fingerprint density at radius 1 is 0.947 bits per heavy atom. The quantitative estimate of drug-likeness (QED) is 0.220. The Morgan fingerprint density at radius 2 is 1.71 bits per heavy atom. The minimum absolute atomic E-state index is 0.817. The molecule has 0 unspecified atom stereocenters. The van der Waals surface area contributed by atoms with Gasteiger partial charge in [-0.05, 0) is 73.7 Å². The maximum absolute atomic E-state index is 4.90. The van der Waals surface area contributed by atoms with E-state index in [0.717, 1.165) is 51.6 Å². The van der Waals surface area contributed by atoms with Crippen molar-refractivity contribution in [2.45, 2.75) is 58.9 Å². The van der Waals surface area contributed by atoms with E-state index in [2.05, 4.69) is 117 Å². The van der Waals surface area contributed by atoms with E-state index in [4.69, 9.17) is 10.1 Å². The molecule has 0 radical (unpaired) electrons. The molecule has 0 bridgehead atoms. The summed E-state index contributed by atoms with van der Waals surface area (Å²) in [4.78, 5) is 5.89. The van der Waals surface area contributed by atoms with E-state index in [1.165, 1.54) is 23.3 Å². The molecule has 0 spiro atoms. The van der Waals surface area contributed by atoms with E-state index in [1.807, 2.05) is 17.9 Å². The topological polar surface area (TPSA) is 47.7 Å². The predicted molar refractivity (Wildman–Crippen MR) is 164 cm³/mol. The van der Waals surface area contributed by atoms with Gasteiger partial charge in [-0.2, -0.15) is 5.10 Å². The van der Waals surface area contributed by atoms with Gasteiger partial charge >= 0.3 is 0 Å². The molecule has 3 heterocycles. The second-order valence-corrected chi connectivity index (χ2v) is 10.7. The van der Waals surface area contributed by atoms with Crippen LogP contribution in [0.1, 0.15) is 46.1 Å². The van der Waals surface area contributed by atoms with Crippen LogP contribution in [-0.2, 0) is 6.54 Å². The highest BCUT2D eigenvalue weighted by atomic mass is 32.2. The molecule has 0 saturated heterocycles. The maximum atomic E-state index is 4.90. The number of rotatable bonds is 8. The zero-order valence-electron chi connectivity index (χ0n) is 23.4. The van der Waals surface area contributed by atoms with Crippen molar-refractivity contribution in [3.05, 3.63) is 84.8 Å². The molecule has 38 heavy (non-hydrogen) atoms. The number of nitrogens with zero attached hydrogens (tertiary/aromatic N) is 4. The second kappa shape index (κ2) is 12.8. The maximum Gasteiger partial charge on any atom is 0.150 e. The molecule has 5 aromatic rings. The van der Waals surface area contributed by atoms with Gasteiger partial charge in [0, 0.05) is 59.3 Å². The Labute approximate surface area is 231 Å². The first-order valence-electron chi connectivity index (χ1n) is 13.5. The van der Waals surface area contributed by atoms with Crippen LogP contribution in [0, 0.1) is 12.8 Å². The Bertz CT molecular complexity index is 1460. The molecule has 1 N–H and O–H groups in total. The molecule has 5 rings (SSSR count). The van der Waals surface area contributed by atoms with E-state index in [9.17, 15) is 0 Å². The number of hydrogen-bond acceptors (Lipinski definition) is 4. The summed E-state index contributed by atoms with van der Waals surface area (Å²) < 4.78 is 4.13. The molecule has 0 amide bonds. The zero-order valence-corrected chi connectivity index (χ0v) is 24.2. The molecule has 3 aromatic heterocycles. The van der Waals surface area contributed by atoms with Crippen LogP contribution < -0.4 is 5.32 Å². The van der Waals surface area contributed by atoms with Gasteiger partial charge in [-0.3, -0.25) is 8.65 Å². The van der Waals surface area contributed by atoms with Crippen molar-refractivity contribution in [2.24, 2.45) is 5.92 Å². The minimum Gasteiger partial charge on any atom is -0.388 e. The highest BCUT2D eigenvalue weighted by molar-refractivity contribution is 7.98. The molecular weight excluding hydrogens is 486 g/mol. The summed E-state index contributed by atoms with van der Waals surface area (Å²) in [5.74, 6) is 0.935. The summed E-state index contributed by atoms with van der Waals surface area (Å²) in [5.41, 5.74) is 7.61. The lowest BCUT2D eigenvalue weighted by Crippen LogP contribution is -1.94. The number of aryl methyl sites for hydroxylation is 2. The van der Waals surface area contributed by atoms with Gasteiger partial charge in [-0.15, -0.1) is 0 Å². The fraction of sp³-hybridized carbons (Fsp3) is 0.312. The second-order valence-electron chi connectivity index (χ2n) is 9.64. The first-order chi connectivity index (χ1) is 18.5. The number of benzene rings is 2. The normalized spacial score (nSPS) is 11.0. The van der Waals surface area contributed by atoms with Crippen molar-refractivity contribution in [1.29, 1.82) is 0 Å². The number of nitrogens with one attached hydrogen (secondary N) is 1. The van der Waals surface area contributed by atoms with Crippen LogP contribution in [0.4, 0.5) is 5.69 Å². The van der Waals surface area contributed by atoms with Crippen LogP contribution in [0.5, 0.6) is 0 Å². The van der Waals surface area contributed by atoms with E-state index >= 15 is 0 Å². The lowest BCUT2D eigenvalue weighted by atomic mass is 10.00. The van der Waals surface area contributed by atoms with E-state index in [-0.39, 0.29) is 0 Å². The molecule has 0 aliphatic heterocycles. The van der Waals surface area contributed by atoms with Crippen molar-refractivity contribution in [3.8, 4) is 22.4 Å². The molecule has 0 aliphatic rings. The predicted octanol–water partition coefficient (Wildman–Crippen LogP) is 8.93. The summed E-state index contributed by atoms with van der Waals surface area (Å²) in [7, 11) is 1.94. The smallest absolute Gasteiger partial charge is 0.150 e. The fourth-order valence-electron chi connectivity index (χ4n) is 4.14. The van der Waals surface area contributed by atoms with E-state index in [1.54, 1.807) is 11.9 Å². The highest BCUT2D eigenvalue weighted by Crippen LogP contribution is 2.37. The van der Waals surface area contributed by atoms with Gasteiger partial charge in [0.05, 0.1) is 0 Å². The lowest BCUT2D eigenvalue weighted by Gasteiger charge is -2.08. The monoisotopic (exact) mass is 525 g/mol. The zero-order chi connectivity index (χ0) is 27.1. The lowest BCUT2D eigenvalue weighted by molar-refractivity contribution is 0.544. The third-order valence-corrected chi connectivity index (χ3v) is 7.95. The number of pyridine rings is 1. The average Bonchev–Trinajstić information content (AvgIpc) is 3.58. The molecule has 2 aromatic carbocycles. The molecule has 5 nitrogen and oxygen atoms in total. The summed E-state index contributed by atoms with van der Waals surface area (Å²) in [6.45, 7) is 11.8. The number of hydrogen-bond donors (Lipinski definition) is 1. The van der Waals surface area contributed by atoms with Crippen LogP contribution >= 0.6 is 11.9 Å². The van der Waals surface area contributed by atoms with Gasteiger partial charge in [0.15, 0.2) is 5.65 Å². The SMILES string of the molecule is CCC(C)CC.CCn1cc(-c2ccnc3c2ccn3Sc2ccc(C)cc2)c(-c2cccc(NC)c2)n1. The van der Waals surface area contributed by atoms with Gasteiger partial charge in [0.1, 0.15) is 5.69 Å². The minimum atomic E-state index is 0.817. The van der Waals surface area contributed by atoms with E-state index in [0.29, 0.717) is 0 Å². The number of fused-ring (bicyclic) bond motifs is 1. The molecule has 0 saturated carbocycles. The van der Waals surface area contributed by atoms with Crippen LogP contribution in [0.2, 0.25) is 0 Å². The molecular formula is C32H39N5S. The third kappa shape index (κ3) is 6.30. The van der Waals surface area contributed by atoms with Crippen molar-refractivity contribution in [1.82, 2.24) is 18.7 Å². The summed E-state index contributed by atoms with van der Waals surface area (Å²) in [5, 5.41) is 9.24. The first kappa shape index (κ1) is 27.5. The first-order valence-corrected chi connectivity index (χ1v) is 14.3. The van der Waals surface area contributed by atoms with Gasteiger partial charge in [0.2, 0.25) is 0 Å². The summed E-state index contributed by atoms with van der Waals surface area (Å²) in [6.07, 6.45) is 8.78. The average molecular weight is 526 g/mol. The third-order valence-electron chi connectivity index (χ3n) is 6.97. The van der Waals surface area contributed by atoms with Crippen molar-refractivity contribution in [2.75, 3.05) is 12.4 Å². The standard InChI is InChI=1S/C26H25N5S.C6H14/c1-4-30-17-24(25(29-30)19-6-5-7-20(16-19)27-3)22-12-14-28-26-23(22)13-15-31(26)32-21-10-8-18(2)9-11-21;1-4-6(3)5-2/h5-17,27H,4H2,1-3H3;6H,4-5H2,1-3H3. The Kier molecular flexibility index (Phi) is 9.29. The van der Waals surface area contributed by atoms with Crippen molar-refractivity contribution < 1.29 is 0 Å². The number of anilines is 1. The largest absolute Gasteiger partial charge is 0.388 e. The molecule has 0 fully saturated rings. The van der Waals surface area contributed by atoms with Gasteiger partial charge < -0.3 is 5.32 Å². The van der Waals surface area contributed by atoms with Crippen LogP contribution in [0.15, 0.2) is 84.1 Å². The highest BCUT2D eigenvalue weighted by Gasteiger charge is 2.17. The fourth-order valence-corrected chi connectivity index (χ4v) is 4.98. The molecule has 0 atom stereocenters. The van der Waals surface area contributed by atoms with Crippen LogP contribution in [0.3, 0.4) is 0 Å². The van der Waals surface area contributed by atoms with Gasteiger partial charge in [0.25, 0.3) is 0 Å². The van der Waals surface area contributed by atoms with Gasteiger partial charge in [-0.25, -0.2) is 4.98 Å². The number of aromatic nitrogens is 4. The Hall–Kier alpha value is -3.51. The Morgan fingerprint density at radius 3 is 2.37 bits per heavy atom. The van der Waals surface area contributed by atoms with Gasteiger partial charge in [-0.1, -0.05) is 63.4 Å². The molecule has 0 aliphatic carbocycles. The van der Waals surface area contributed by atoms with E-state index < -0.39 is 0 Å². The Balaban J connectivity index is 0.000000505.